The predicted octanol–water partition coefficient (Wildman–Crippen LogP) is 1.37. The normalized spacial score (nSPS) is 10.2. The molecule has 1 aromatic heterocycles. The molecule has 16 heavy (non-hydrogen) atoms. The molecule has 0 atom stereocenters. The number of rotatable bonds is 7. The highest BCUT2D eigenvalue weighted by Gasteiger charge is 2.00. The number of nitrogens with zero attached hydrogens (tertiary/aromatic N) is 2. The lowest BCUT2D eigenvalue weighted by Crippen LogP contribution is -2.07. The highest BCUT2D eigenvalue weighted by atomic mass is 16.5. The van der Waals surface area contributed by atoms with Crippen LogP contribution in [0, 0.1) is 6.92 Å². The molecule has 0 fully saturated rings. The van der Waals surface area contributed by atoms with Gasteiger partial charge in [0.15, 0.2) is 0 Å². The van der Waals surface area contributed by atoms with E-state index in [9.17, 15) is 0 Å². The number of ether oxygens (including phenoxy) is 1. The standard InChI is InChI=1S/C11H19N3O2/c1-9-8-10(16-2)14-11(13-9)12-6-4-3-5-7-15/h8,15H,3-7H2,1-2H3,(H,12,13,14). The molecule has 0 saturated heterocycles. The van der Waals surface area contributed by atoms with Crippen LogP contribution in [0.1, 0.15) is 25.0 Å². The van der Waals surface area contributed by atoms with Gasteiger partial charge in [-0.1, -0.05) is 0 Å². The SMILES string of the molecule is COc1cc(C)nc(NCCCCCO)n1. The van der Waals surface area contributed by atoms with Gasteiger partial charge in [-0.2, -0.15) is 4.98 Å². The van der Waals surface area contributed by atoms with Crippen molar-refractivity contribution in [1.82, 2.24) is 9.97 Å². The van der Waals surface area contributed by atoms with Crippen molar-refractivity contribution in [3.05, 3.63) is 11.8 Å². The molecule has 0 unspecified atom stereocenters. The zero-order chi connectivity index (χ0) is 11.8. The Morgan fingerprint density at radius 2 is 2.12 bits per heavy atom. The summed E-state index contributed by atoms with van der Waals surface area (Å²) in [6, 6.07) is 1.79. The van der Waals surface area contributed by atoms with E-state index in [0.29, 0.717) is 11.8 Å². The topological polar surface area (TPSA) is 67.3 Å². The molecule has 0 saturated carbocycles. The summed E-state index contributed by atoms with van der Waals surface area (Å²) in [5.74, 6) is 1.17. The van der Waals surface area contributed by atoms with E-state index in [0.717, 1.165) is 31.5 Å². The Labute approximate surface area is 95.9 Å². The predicted molar refractivity (Wildman–Crippen MR) is 62.7 cm³/mol. The summed E-state index contributed by atoms with van der Waals surface area (Å²) in [7, 11) is 1.59. The molecule has 90 valence electrons. The fourth-order valence-corrected chi connectivity index (χ4v) is 1.34. The first-order valence-electron chi connectivity index (χ1n) is 5.50. The second-order valence-corrected chi connectivity index (χ2v) is 3.59. The van der Waals surface area contributed by atoms with Crippen LogP contribution < -0.4 is 10.1 Å². The van der Waals surface area contributed by atoms with Crippen LogP contribution in [0.25, 0.3) is 0 Å². The number of aliphatic hydroxyl groups excluding tert-OH is 1. The number of hydrogen-bond donors (Lipinski definition) is 2. The zero-order valence-electron chi connectivity index (χ0n) is 9.86. The summed E-state index contributed by atoms with van der Waals surface area (Å²) in [5.41, 5.74) is 0.879. The second-order valence-electron chi connectivity index (χ2n) is 3.59. The quantitative estimate of drug-likeness (QED) is 0.686. The van der Waals surface area contributed by atoms with Gasteiger partial charge in [0.1, 0.15) is 0 Å². The van der Waals surface area contributed by atoms with Crippen molar-refractivity contribution in [3.63, 3.8) is 0 Å². The molecule has 1 rings (SSSR count). The molecule has 0 aliphatic heterocycles. The first-order chi connectivity index (χ1) is 7.76. The van der Waals surface area contributed by atoms with E-state index in [1.165, 1.54) is 0 Å². The minimum Gasteiger partial charge on any atom is -0.481 e. The Hall–Kier alpha value is -1.36. The van der Waals surface area contributed by atoms with Gasteiger partial charge in [0.25, 0.3) is 0 Å². The highest BCUT2D eigenvalue weighted by Crippen LogP contribution is 2.11. The number of methoxy groups -OCH3 is 1. The molecule has 5 heteroatoms. The smallest absolute Gasteiger partial charge is 0.226 e. The van der Waals surface area contributed by atoms with Crippen molar-refractivity contribution in [1.29, 1.82) is 0 Å². The van der Waals surface area contributed by atoms with E-state index < -0.39 is 0 Å². The van der Waals surface area contributed by atoms with Gasteiger partial charge in [-0.25, -0.2) is 4.98 Å². The minimum atomic E-state index is 0.259. The molecule has 0 amide bonds. The lowest BCUT2D eigenvalue weighted by atomic mass is 10.2. The van der Waals surface area contributed by atoms with Crippen molar-refractivity contribution in [2.45, 2.75) is 26.2 Å². The van der Waals surface area contributed by atoms with Crippen LogP contribution >= 0.6 is 0 Å². The summed E-state index contributed by atoms with van der Waals surface area (Å²) >= 11 is 0. The van der Waals surface area contributed by atoms with Gasteiger partial charge in [0, 0.05) is 24.9 Å². The van der Waals surface area contributed by atoms with Gasteiger partial charge in [0.2, 0.25) is 11.8 Å². The number of anilines is 1. The van der Waals surface area contributed by atoms with E-state index in [2.05, 4.69) is 15.3 Å². The lowest BCUT2D eigenvalue weighted by molar-refractivity contribution is 0.283. The third-order valence-corrected chi connectivity index (χ3v) is 2.16. The molecule has 1 aromatic rings. The van der Waals surface area contributed by atoms with Crippen LogP contribution in [0.2, 0.25) is 0 Å². The monoisotopic (exact) mass is 225 g/mol. The molecule has 0 aliphatic rings. The molecule has 0 aliphatic carbocycles. The Balaban J connectivity index is 2.38. The maximum atomic E-state index is 8.63. The molecule has 1 heterocycles. The molecule has 2 N–H and O–H groups in total. The van der Waals surface area contributed by atoms with E-state index in [4.69, 9.17) is 9.84 Å². The average Bonchev–Trinajstić information content (AvgIpc) is 2.28. The second kappa shape index (κ2) is 7.00. The van der Waals surface area contributed by atoms with Crippen LogP contribution in [-0.2, 0) is 0 Å². The van der Waals surface area contributed by atoms with Crippen LogP contribution in [0.4, 0.5) is 5.95 Å². The number of aliphatic hydroxyl groups is 1. The fraction of sp³-hybridized carbons (Fsp3) is 0.636. The third-order valence-electron chi connectivity index (χ3n) is 2.16. The van der Waals surface area contributed by atoms with E-state index >= 15 is 0 Å². The lowest BCUT2D eigenvalue weighted by Gasteiger charge is -2.06. The minimum absolute atomic E-state index is 0.259. The van der Waals surface area contributed by atoms with Crippen molar-refractivity contribution in [2.24, 2.45) is 0 Å². The van der Waals surface area contributed by atoms with Crippen molar-refractivity contribution in [2.75, 3.05) is 25.6 Å². The van der Waals surface area contributed by atoms with Gasteiger partial charge in [-0.3, -0.25) is 0 Å². The van der Waals surface area contributed by atoms with Gasteiger partial charge >= 0.3 is 0 Å². The maximum absolute atomic E-state index is 8.63. The molecule has 0 spiro atoms. The number of aromatic nitrogens is 2. The first-order valence-corrected chi connectivity index (χ1v) is 5.50. The molecule has 0 aromatic carbocycles. The van der Waals surface area contributed by atoms with Gasteiger partial charge in [0.05, 0.1) is 7.11 Å². The number of nitrogens with one attached hydrogen (secondary N) is 1. The Morgan fingerprint density at radius 3 is 2.81 bits per heavy atom. The van der Waals surface area contributed by atoms with E-state index in [-0.39, 0.29) is 6.61 Å². The molecule has 0 radical (unpaired) electrons. The Kier molecular flexibility index (Phi) is 5.56. The average molecular weight is 225 g/mol. The first kappa shape index (κ1) is 12.7. The van der Waals surface area contributed by atoms with Crippen LogP contribution in [-0.4, -0.2) is 35.3 Å². The maximum Gasteiger partial charge on any atom is 0.226 e. The van der Waals surface area contributed by atoms with Gasteiger partial charge < -0.3 is 15.2 Å². The van der Waals surface area contributed by atoms with E-state index in [1.807, 2.05) is 6.92 Å². The van der Waals surface area contributed by atoms with Crippen LogP contribution in [0.15, 0.2) is 6.07 Å². The van der Waals surface area contributed by atoms with Crippen molar-refractivity contribution < 1.29 is 9.84 Å². The third kappa shape index (κ3) is 4.44. The summed E-state index contributed by atoms with van der Waals surface area (Å²) < 4.78 is 5.06. The molecular weight excluding hydrogens is 206 g/mol. The highest BCUT2D eigenvalue weighted by molar-refractivity contribution is 5.30. The summed E-state index contributed by atoms with van der Waals surface area (Å²) in [6.07, 6.45) is 2.85. The Bertz CT molecular complexity index is 318. The van der Waals surface area contributed by atoms with Crippen molar-refractivity contribution in [3.8, 4) is 5.88 Å². The van der Waals surface area contributed by atoms with Gasteiger partial charge in [-0.15, -0.1) is 0 Å². The number of aryl methyl sites for hydroxylation is 1. The molecule has 0 bridgehead atoms. The van der Waals surface area contributed by atoms with Crippen molar-refractivity contribution >= 4 is 5.95 Å². The Morgan fingerprint density at radius 1 is 1.31 bits per heavy atom. The molecular formula is C11H19N3O2. The zero-order valence-corrected chi connectivity index (χ0v) is 9.86. The summed E-state index contributed by atoms with van der Waals surface area (Å²) in [5, 5.41) is 11.8. The summed E-state index contributed by atoms with van der Waals surface area (Å²) in [4.78, 5) is 8.42. The van der Waals surface area contributed by atoms with Gasteiger partial charge in [-0.05, 0) is 26.2 Å². The number of unbranched alkanes of at least 4 members (excludes halogenated alkanes) is 2. The summed E-state index contributed by atoms with van der Waals surface area (Å²) in [6.45, 7) is 2.97. The van der Waals surface area contributed by atoms with E-state index in [1.54, 1.807) is 13.2 Å². The van der Waals surface area contributed by atoms with Crippen LogP contribution in [0.5, 0.6) is 5.88 Å². The fourth-order valence-electron chi connectivity index (χ4n) is 1.34. The van der Waals surface area contributed by atoms with Crippen LogP contribution in [0.3, 0.4) is 0 Å². The number of hydrogen-bond acceptors (Lipinski definition) is 5. The largest absolute Gasteiger partial charge is 0.481 e. The molecule has 5 nitrogen and oxygen atoms in total.